The number of nitro groups is 1. The van der Waals surface area contributed by atoms with E-state index in [-0.39, 0.29) is 18.0 Å². The molecule has 0 amide bonds. The lowest BCUT2D eigenvalue weighted by Crippen LogP contribution is -2.06. The number of nitrogens with one attached hydrogen (secondary N) is 1. The standard InChI is InChI=1S/C14H11N3O4/c1-2-21-14(18)12-6-10-9-4-3-8(17(19)20)5-11(9)16-13(10)7-15-12/h3-7,16H,2H2,1H3. The Balaban J connectivity index is 2.18. The number of aromatic amines is 1. The summed E-state index contributed by atoms with van der Waals surface area (Å²) in [5.74, 6) is -0.490. The number of non-ortho nitro benzene ring substituents is 1. The van der Waals surface area contributed by atoms with Crippen molar-refractivity contribution in [3.63, 3.8) is 0 Å². The summed E-state index contributed by atoms with van der Waals surface area (Å²) >= 11 is 0. The van der Waals surface area contributed by atoms with Crippen LogP contribution in [0.25, 0.3) is 21.8 Å². The summed E-state index contributed by atoms with van der Waals surface area (Å²) in [6, 6.07) is 6.17. The van der Waals surface area contributed by atoms with Crippen molar-refractivity contribution in [2.24, 2.45) is 0 Å². The summed E-state index contributed by atoms with van der Waals surface area (Å²) in [5, 5.41) is 12.4. The van der Waals surface area contributed by atoms with Crippen molar-refractivity contribution in [1.82, 2.24) is 9.97 Å². The predicted molar refractivity (Wildman–Crippen MR) is 76.2 cm³/mol. The van der Waals surface area contributed by atoms with Gasteiger partial charge in [-0.05, 0) is 19.1 Å². The molecule has 0 aliphatic rings. The lowest BCUT2D eigenvalue weighted by atomic mass is 10.1. The molecule has 0 radical (unpaired) electrons. The molecule has 7 heteroatoms. The number of hydrogen-bond donors (Lipinski definition) is 1. The monoisotopic (exact) mass is 285 g/mol. The molecule has 0 saturated carbocycles. The SMILES string of the molecule is CCOC(=O)c1cc2c(cn1)[nH]c1cc([N+](=O)[O-])ccc12. The molecule has 0 aliphatic heterocycles. The van der Waals surface area contributed by atoms with Gasteiger partial charge < -0.3 is 9.72 Å². The molecule has 0 spiro atoms. The van der Waals surface area contributed by atoms with Crippen LogP contribution in [0.4, 0.5) is 5.69 Å². The average molecular weight is 285 g/mol. The third-order valence-electron chi connectivity index (χ3n) is 3.16. The van der Waals surface area contributed by atoms with E-state index in [1.54, 1.807) is 19.1 Å². The Hall–Kier alpha value is -2.96. The Morgan fingerprint density at radius 3 is 2.86 bits per heavy atom. The van der Waals surface area contributed by atoms with Crippen molar-refractivity contribution in [1.29, 1.82) is 0 Å². The largest absolute Gasteiger partial charge is 0.461 e. The van der Waals surface area contributed by atoms with E-state index < -0.39 is 10.9 Å². The van der Waals surface area contributed by atoms with E-state index in [2.05, 4.69) is 9.97 Å². The van der Waals surface area contributed by atoms with Crippen LogP contribution in [-0.4, -0.2) is 27.5 Å². The highest BCUT2D eigenvalue weighted by Gasteiger charge is 2.14. The van der Waals surface area contributed by atoms with E-state index in [9.17, 15) is 14.9 Å². The van der Waals surface area contributed by atoms with Crippen LogP contribution in [0.5, 0.6) is 0 Å². The molecule has 2 heterocycles. The number of carbonyl (C=O) groups is 1. The summed E-state index contributed by atoms with van der Waals surface area (Å²) < 4.78 is 4.92. The first-order chi connectivity index (χ1) is 10.1. The molecular weight excluding hydrogens is 274 g/mol. The van der Waals surface area contributed by atoms with Crippen LogP contribution < -0.4 is 0 Å². The van der Waals surface area contributed by atoms with Gasteiger partial charge in [0.25, 0.3) is 5.69 Å². The van der Waals surface area contributed by atoms with Crippen molar-refractivity contribution < 1.29 is 14.5 Å². The van der Waals surface area contributed by atoms with Gasteiger partial charge in [-0.15, -0.1) is 0 Å². The quantitative estimate of drug-likeness (QED) is 0.453. The van der Waals surface area contributed by atoms with Crippen LogP contribution in [0.1, 0.15) is 17.4 Å². The molecule has 0 fully saturated rings. The maximum atomic E-state index is 11.7. The Morgan fingerprint density at radius 2 is 2.14 bits per heavy atom. The fourth-order valence-electron chi connectivity index (χ4n) is 2.22. The number of fused-ring (bicyclic) bond motifs is 3. The van der Waals surface area contributed by atoms with Crippen molar-refractivity contribution >= 4 is 33.5 Å². The third kappa shape index (κ3) is 2.18. The highest BCUT2D eigenvalue weighted by molar-refractivity contribution is 6.09. The lowest BCUT2D eigenvalue weighted by Gasteiger charge is -2.00. The molecule has 0 bridgehead atoms. The molecule has 7 nitrogen and oxygen atoms in total. The van der Waals surface area contributed by atoms with Gasteiger partial charge in [0.05, 0.1) is 28.8 Å². The van der Waals surface area contributed by atoms with E-state index in [1.165, 1.54) is 18.3 Å². The maximum absolute atomic E-state index is 11.7. The van der Waals surface area contributed by atoms with Gasteiger partial charge in [-0.3, -0.25) is 10.1 Å². The Morgan fingerprint density at radius 1 is 1.33 bits per heavy atom. The normalized spacial score (nSPS) is 10.9. The molecular formula is C14H11N3O4. The Labute approximate surface area is 118 Å². The third-order valence-corrected chi connectivity index (χ3v) is 3.16. The number of esters is 1. The zero-order valence-corrected chi connectivity index (χ0v) is 11.1. The number of nitrogens with zero attached hydrogens (tertiary/aromatic N) is 2. The van der Waals surface area contributed by atoms with Gasteiger partial charge in [0.15, 0.2) is 0 Å². The zero-order valence-electron chi connectivity index (χ0n) is 11.1. The number of aromatic nitrogens is 2. The molecule has 106 valence electrons. The fourth-order valence-corrected chi connectivity index (χ4v) is 2.22. The summed E-state index contributed by atoms with van der Waals surface area (Å²) in [6.45, 7) is 2.00. The van der Waals surface area contributed by atoms with Gasteiger partial charge in [-0.25, -0.2) is 9.78 Å². The lowest BCUT2D eigenvalue weighted by molar-refractivity contribution is -0.384. The first-order valence-corrected chi connectivity index (χ1v) is 6.33. The van der Waals surface area contributed by atoms with E-state index in [4.69, 9.17) is 4.74 Å². The van der Waals surface area contributed by atoms with Crippen LogP contribution in [0.15, 0.2) is 30.5 Å². The van der Waals surface area contributed by atoms with Gasteiger partial charge in [-0.2, -0.15) is 0 Å². The number of pyridine rings is 1. The number of nitro benzene ring substituents is 1. The minimum Gasteiger partial charge on any atom is -0.461 e. The fraction of sp³-hybridized carbons (Fsp3) is 0.143. The van der Waals surface area contributed by atoms with Gasteiger partial charge in [0.1, 0.15) is 5.69 Å². The molecule has 0 aliphatic carbocycles. The van der Waals surface area contributed by atoms with Crippen LogP contribution in [-0.2, 0) is 4.74 Å². The minimum atomic E-state index is -0.490. The summed E-state index contributed by atoms with van der Waals surface area (Å²) in [4.78, 5) is 29.1. The highest BCUT2D eigenvalue weighted by Crippen LogP contribution is 2.28. The second-order valence-electron chi connectivity index (χ2n) is 4.45. The van der Waals surface area contributed by atoms with E-state index in [0.717, 1.165) is 10.8 Å². The van der Waals surface area contributed by atoms with Gasteiger partial charge in [0, 0.05) is 22.9 Å². The first-order valence-electron chi connectivity index (χ1n) is 6.33. The van der Waals surface area contributed by atoms with Crippen LogP contribution >= 0.6 is 0 Å². The minimum absolute atomic E-state index is 0.00707. The van der Waals surface area contributed by atoms with E-state index in [1.807, 2.05) is 0 Å². The molecule has 0 atom stereocenters. The molecule has 0 unspecified atom stereocenters. The Kier molecular flexibility index (Phi) is 3.02. The molecule has 2 aromatic heterocycles. The van der Waals surface area contributed by atoms with Crippen LogP contribution in [0, 0.1) is 10.1 Å². The number of H-pyrrole nitrogens is 1. The first kappa shape index (κ1) is 13.0. The second kappa shape index (κ2) is 4.86. The molecule has 1 N–H and O–H groups in total. The van der Waals surface area contributed by atoms with Crippen molar-refractivity contribution in [3.8, 4) is 0 Å². The van der Waals surface area contributed by atoms with Gasteiger partial charge in [-0.1, -0.05) is 0 Å². The summed E-state index contributed by atoms with van der Waals surface area (Å²) in [5.41, 5.74) is 1.55. The van der Waals surface area contributed by atoms with Crippen LogP contribution in [0.2, 0.25) is 0 Å². The van der Waals surface area contributed by atoms with Crippen LogP contribution in [0.3, 0.4) is 0 Å². The average Bonchev–Trinajstić information content (AvgIpc) is 2.84. The second-order valence-corrected chi connectivity index (χ2v) is 4.45. The van der Waals surface area contributed by atoms with Gasteiger partial charge in [0.2, 0.25) is 0 Å². The number of benzene rings is 1. The number of rotatable bonds is 3. The summed E-state index contributed by atoms with van der Waals surface area (Å²) in [7, 11) is 0. The van der Waals surface area contributed by atoms with Crippen molar-refractivity contribution in [2.75, 3.05) is 6.61 Å². The number of ether oxygens (including phenoxy) is 1. The van der Waals surface area contributed by atoms with E-state index in [0.29, 0.717) is 11.0 Å². The smallest absolute Gasteiger partial charge is 0.356 e. The Bertz CT molecular complexity index is 869. The van der Waals surface area contributed by atoms with E-state index >= 15 is 0 Å². The number of carbonyl (C=O) groups excluding carboxylic acids is 1. The molecule has 3 rings (SSSR count). The number of hydrogen-bond acceptors (Lipinski definition) is 5. The van der Waals surface area contributed by atoms with Crippen molar-refractivity contribution in [2.45, 2.75) is 6.92 Å². The predicted octanol–water partition coefficient (Wildman–Crippen LogP) is 2.80. The topological polar surface area (TPSA) is 98.1 Å². The molecule has 21 heavy (non-hydrogen) atoms. The maximum Gasteiger partial charge on any atom is 0.356 e. The van der Waals surface area contributed by atoms with Crippen molar-refractivity contribution in [3.05, 3.63) is 46.3 Å². The summed E-state index contributed by atoms with van der Waals surface area (Å²) in [6.07, 6.45) is 1.52. The zero-order chi connectivity index (χ0) is 15.0. The molecule has 1 aromatic carbocycles. The highest BCUT2D eigenvalue weighted by atomic mass is 16.6. The molecule has 0 saturated heterocycles. The molecule has 3 aromatic rings. The van der Waals surface area contributed by atoms with Gasteiger partial charge >= 0.3 is 5.97 Å².